The second-order valence-electron chi connectivity index (χ2n) is 6.17. The first kappa shape index (κ1) is 17.8. The molecule has 2 aliphatic heterocycles. The van der Waals surface area contributed by atoms with Crippen molar-refractivity contribution in [3.8, 4) is 0 Å². The van der Waals surface area contributed by atoms with Gasteiger partial charge in [-0.1, -0.05) is 12.1 Å². The van der Waals surface area contributed by atoms with E-state index in [0.717, 1.165) is 54.9 Å². The highest BCUT2D eigenvalue weighted by atomic mass is 32.2. The number of anilines is 1. The smallest absolute Gasteiger partial charge is 0.294 e. The Morgan fingerprint density at radius 1 is 1.28 bits per heavy atom. The zero-order valence-electron chi connectivity index (χ0n) is 14.5. The molecule has 0 unspecified atom stereocenters. The van der Waals surface area contributed by atoms with Crippen LogP contribution in [0, 0.1) is 6.92 Å². The van der Waals surface area contributed by atoms with Gasteiger partial charge in [0.15, 0.2) is 0 Å². The number of carbonyl (C=O) groups excluding carboxylic acids is 2. The average Bonchev–Trinajstić information content (AvgIpc) is 2.90. The Balaban J connectivity index is 1.82. The van der Waals surface area contributed by atoms with E-state index in [1.807, 2.05) is 13.0 Å². The Bertz CT molecular complexity index is 738. The summed E-state index contributed by atoms with van der Waals surface area (Å²) in [5.74, 6) is -0.251. The molecule has 6 heteroatoms. The van der Waals surface area contributed by atoms with Crippen LogP contribution in [0.15, 0.2) is 35.8 Å². The molecule has 2 aliphatic rings. The molecule has 2 saturated heterocycles. The number of hydrogen-bond acceptors (Lipinski definition) is 5. The summed E-state index contributed by atoms with van der Waals surface area (Å²) in [5, 5.41) is -0.244. The normalized spacial score (nSPS) is 21.1. The van der Waals surface area contributed by atoms with Crippen LogP contribution in [-0.4, -0.2) is 48.4 Å². The molecule has 0 N–H and O–H groups in total. The Labute approximate surface area is 152 Å². The third-order valence-electron chi connectivity index (χ3n) is 4.49. The number of ether oxygens (including phenoxy) is 1. The molecule has 132 valence electrons. The first-order valence-corrected chi connectivity index (χ1v) is 9.16. The summed E-state index contributed by atoms with van der Waals surface area (Å²) in [6.45, 7) is 10.7. The summed E-state index contributed by atoms with van der Waals surface area (Å²) in [6, 6.07) is 5.88. The lowest BCUT2D eigenvalue weighted by molar-refractivity contribution is -0.123. The monoisotopic (exact) mass is 358 g/mol. The van der Waals surface area contributed by atoms with E-state index < -0.39 is 0 Å². The lowest BCUT2D eigenvalue weighted by atomic mass is 10.1. The second-order valence-corrected chi connectivity index (χ2v) is 7.16. The lowest BCUT2D eigenvalue weighted by Gasteiger charge is -2.29. The maximum atomic E-state index is 12.5. The molecule has 1 aromatic carbocycles. The van der Waals surface area contributed by atoms with Crippen LogP contribution in [0.25, 0.3) is 6.08 Å². The van der Waals surface area contributed by atoms with E-state index in [1.165, 1.54) is 4.90 Å². The van der Waals surface area contributed by atoms with Crippen LogP contribution in [0.2, 0.25) is 0 Å². The fourth-order valence-corrected chi connectivity index (χ4v) is 3.82. The molecule has 0 radical (unpaired) electrons. The molecule has 2 heterocycles. The summed E-state index contributed by atoms with van der Waals surface area (Å²) in [4.78, 5) is 28.6. The third kappa shape index (κ3) is 3.65. The molecule has 1 aromatic rings. The van der Waals surface area contributed by atoms with Gasteiger partial charge in [0.1, 0.15) is 0 Å². The minimum Gasteiger partial charge on any atom is -0.378 e. The molecule has 3 rings (SSSR count). The van der Waals surface area contributed by atoms with Gasteiger partial charge in [0.25, 0.3) is 11.1 Å². The number of benzene rings is 1. The predicted molar refractivity (Wildman–Crippen MR) is 102 cm³/mol. The number of morpholine rings is 1. The summed E-state index contributed by atoms with van der Waals surface area (Å²) in [6.07, 6.45) is 3.40. The highest BCUT2D eigenvalue weighted by molar-refractivity contribution is 8.18. The Kier molecular flexibility index (Phi) is 5.30. The van der Waals surface area contributed by atoms with E-state index in [-0.39, 0.29) is 17.2 Å². The Morgan fingerprint density at radius 2 is 2.00 bits per heavy atom. The molecule has 25 heavy (non-hydrogen) atoms. The highest BCUT2D eigenvalue weighted by Gasteiger charge is 2.37. The molecule has 5 nitrogen and oxygen atoms in total. The van der Waals surface area contributed by atoms with E-state index in [2.05, 4.69) is 23.6 Å². The first-order valence-electron chi connectivity index (χ1n) is 8.34. The van der Waals surface area contributed by atoms with Crippen LogP contribution in [-0.2, 0) is 9.53 Å². The van der Waals surface area contributed by atoms with Gasteiger partial charge in [-0.3, -0.25) is 14.5 Å². The minimum atomic E-state index is -0.303. The van der Waals surface area contributed by atoms with Crippen LogP contribution in [0.1, 0.15) is 18.1 Å². The fourth-order valence-electron chi connectivity index (χ4n) is 2.92. The van der Waals surface area contributed by atoms with Crippen LogP contribution >= 0.6 is 11.8 Å². The second kappa shape index (κ2) is 7.45. The molecule has 0 saturated carbocycles. The van der Waals surface area contributed by atoms with Gasteiger partial charge in [-0.2, -0.15) is 0 Å². The zero-order valence-corrected chi connectivity index (χ0v) is 15.3. The largest absolute Gasteiger partial charge is 0.378 e. The van der Waals surface area contributed by atoms with Gasteiger partial charge in [-0.25, -0.2) is 0 Å². The van der Waals surface area contributed by atoms with E-state index in [4.69, 9.17) is 4.74 Å². The van der Waals surface area contributed by atoms with Crippen LogP contribution < -0.4 is 4.90 Å². The van der Waals surface area contributed by atoms with Crippen molar-refractivity contribution in [2.24, 2.45) is 0 Å². The number of hydrogen-bond donors (Lipinski definition) is 0. The van der Waals surface area contributed by atoms with Crippen molar-refractivity contribution < 1.29 is 14.3 Å². The van der Waals surface area contributed by atoms with Crippen molar-refractivity contribution in [2.75, 3.05) is 31.2 Å². The maximum absolute atomic E-state index is 12.5. The van der Waals surface area contributed by atoms with E-state index in [0.29, 0.717) is 4.91 Å². The summed E-state index contributed by atoms with van der Waals surface area (Å²) in [5.41, 5.74) is 3.19. The standard InChI is InChI=1S/C19H22N2O3S/c1-4-14(3)21-18(22)17(25-19(21)23)12-15-5-6-16(11-13(15)2)20-7-9-24-10-8-20/h4-6,11-12,14H,1,7-10H2,2-3H3/b17-12-/t14-/m0/s1. The zero-order chi connectivity index (χ0) is 18.0. The number of thioether (sulfide) groups is 1. The maximum Gasteiger partial charge on any atom is 0.294 e. The molecular formula is C19H22N2O3S. The molecule has 1 atom stereocenters. The minimum absolute atomic E-state index is 0.244. The van der Waals surface area contributed by atoms with Crippen molar-refractivity contribution in [2.45, 2.75) is 19.9 Å². The van der Waals surface area contributed by atoms with Gasteiger partial charge in [0.2, 0.25) is 0 Å². The van der Waals surface area contributed by atoms with Gasteiger partial charge in [-0.05, 0) is 54.9 Å². The number of imide groups is 1. The quantitative estimate of drug-likeness (QED) is 0.609. The van der Waals surface area contributed by atoms with Crippen molar-refractivity contribution in [1.29, 1.82) is 0 Å². The van der Waals surface area contributed by atoms with Crippen molar-refractivity contribution in [1.82, 2.24) is 4.90 Å². The van der Waals surface area contributed by atoms with E-state index in [9.17, 15) is 9.59 Å². The van der Waals surface area contributed by atoms with Crippen molar-refractivity contribution in [3.05, 3.63) is 46.9 Å². The number of amides is 2. The van der Waals surface area contributed by atoms with Gasteiger partial charge < -0.3 is 9.64 Å². The number of aryl methyl sites for hydroxylation is 1. The summed E-state index contributed by atoms with van der Waals surface area (Å²) in [7, 11) is 0. The molecular weight excluding hydrogens is 336 g/mol. The molecule has 0 bridgehead atoms. The number of nitrogens with zero attached hydrogens (tertiary/aromatic N) is 2. The molecule has 2 fully saturated rings. The topological polar surface area (TPSA) is 49.9 Å². The lowest BCUT2D eigenvalue weighted by Crippen LogP contribution is -2.36. The van der Waals surface area contributed by atoms with Crippen LogP contribution in [0.4, 0.5) is 10.5 Å². The van der Waals surface area contributed by atoms with Crippen molar-refractivity contribution >= 4 is 34.7 Å². The molecule has 0 aliphatic carbocycles. The number of rotatable bonds is 4. The summed E-state index contributed by atoms with van der Waals surface area (Å²) >= 11 is 0.985. The average molecular weight is 358 g/mol. The molecule has 2 amide bonds. The SMILES string of the molecule is C=C[C@H](C)N1C(=O)S/C(=C\c2ccc(N3CCOCC3)cc2C)C1=O. The van der Waals surface area contributed by atoms with E-state index >= 15 is 0 Å². The van der Waals surface area contributed by atoms with Gasteiger partial charge >= 0.3 is 0 Å². The van der Waals surface area contributed by atoms with Crippen molar-refractivity contribution in [3.63, 3.8) is 0 Å². The first-order chi connectivity index (χ1) is 12.0. The predicted octanol–water partition coefficient (Wildman–Crippen LogP) is 3.44. The number of carbonyl (C=O) groups is 2. The highest BCUT2D eigenvalue weighted by Crippen LogP contribution is 2.34. The molecule has 0 spiro atoms. The van der Waals surface area contributed by atoms with Gasteiger partial charge in [-0.15, -0.1) is 6.58 Å². The fraction of sp³-hybridized carbons (Fsp3) is 0.368. The van der Waals surface area contributed by atoms with Crippen LogP contribution in [0.5, 0.6) is 0 Å². The van der Waals surface area contributed by atoms with Gasteiger partial charge in [0, 0.05) is 18.8 Å². The third-order valence-corrected chi connectivity index (χ3v) is 5.37. The Morgan fingerprint density at radius 3 is 2.64 bits per heavy atom. The summed E-state index contributed by atoms with van der Waals surface area (Å²) < 4.78 is 5.39. The van der Waals surface area contributed by atoms with E-state index in [1.54, 1.807) is 19.1 Å². The Hall–Kier alpha value is -2.05. The molecule has 0 aromatic heterocycles. The van der Waals surface area contributed by atoms with Crippen LogP contribution in [0.3, 0.4) is 0 Å². The van der Waals surface area contributed by atoms with Gasteiger partial charge in [0.05, 0.1) is 24.2 Å².